The average molecular weight is 254 g/mol. The number of anilines is 1. The third kappa shape index (κ3) is 2.55. The molecule has 0 atom stereocenters. The minimum Gasteiger partial charge on any atom is -0.349 e. The first-order valence-electron chi connectivity index (χ1n) is 5.98. The topological polar surface area (TPSA) is 19.4 Å². The van der Waals surface area contributed by atoms with Gasteiger partial charge in [-0.2, -0.15) is 0 Å². The lowest BCUT2D eigenvalue weighted by atomic mass is 9.99. The number of likely N-dealkylation sites (N-methyl/N-ethyl adjacent to an activating group) is 1. The SMILES string of the molecule is Cc1cc(N2CCN(C)CC2(C)C)ncc1Cl. The molecule has 0 amide bonds. The summed E-state index contributed by atoms with van der Waals surface area (Å²) >= 11 is 6.02. The molecular weight excluding hydrogens is 234 g/mol. The lowest BCUT2D eigenvalue weighted by Crippen LogP contribution is -2.58. The van der Waals surface area contributed by atoms with Gasteiger partial charge in [-0.3, -0.25) is 0 Å². The number of hydrogen-bond donors (Lipinski definition) is 0. The minimum atomic E-state index is 0.111. The van der Waals surface area contributed by atoms with Crippen molar-refractivity contribution in [2.45, 2.75) is 26.3 Å². The van der Waals surface area contributed by atoms with E-state index < -0.39 is 0 Å². The van der Waals surface area contributed by atoms with E-state index in [0.717, 1.165) is 36.0 Å². The lowest BCUT2D eigenvalue weighted by Gasteiger charge is -2.47. The van der Waals surface area contributed by atoms with Crippen LogP contribution < -0.4 is 4.90 Å². The highest BCUT2D eigenvalue weighted by Gasteiger charge is 2.33. The molecule has 1 saturated heterocycles. The van der Waals surface area contributed by atoms with Crippen molar-refractivity contribution in [3.05, 3.63) is 22.8 Å². The van der Waals surface area contributed by atoms with E-state index in [1.165, 1.54) is 0 Å². The van der Waals surface area contributed by atoms with E-state index in [1.807, 2.05) is 6.92 Å². The molecule has 0 aromatic carbocycles. The van der Waals surface area contributed by atoms with E-state index in [-0.39, 0.29) is 5.54 Å². The Morgan fingerprint density at radius 1 is 1.35 bits per heavy atom. The molecule has 1 aliphatic rings. The van der Waals surface area contributed by atoms with E-state index in [9.17, 15) is 0 Å². The molecule has 1 aliphatic heterocycles. The average Bonchev–Trinajstić information content (AvgIpc) is 2.21. The fraction of sp³-hybridized carbons (Fsp3) is 0.615. The summed E-state index contributed by atoms with van der Waals surface area (Å²) in [6.45, 7) is 9.68. The summed E-state index contributed by atoms with van der Waals surface area (Å²) in [6, 6.07) is 2.08. The molecule has 17 heavy (non-hydrogen) atoms. The number of hydrogen-bond acceptors (Lipinski definition) is 3. The van der Waals surface area contributed by atoms with Crippen molar-refractivity contribution in [3.8, 4) is 0 Å². The fourth-order valence-corrected chi connectivity index (χ4v) is 2.60. The second-order valence-corrected chi connectivity index (χ2v) is 5.90. The summed E-state index contributed by atoms with van der Waals surface area (Å²) in [5.41, 5.74) is 1.20. The van der Waals surface area contributed by atoms with Crippen LogP contribution in [0.3, 0.4) is 0 Å². The predicted octanol–water partition coefficient (Wildman–Crippen LogP) is 2.57. The maximum Gasteiger partial charge on any atom is 0.129 e. The van der Waals surface area contributed by atoms with Crippen LogP contribution in [0.25, 0.3) is 0 Å². The highest BCUT2D eigenvalue weighted by Crippen LogP contribution is 2.28. The Hall–Kier alpha value is -0.800. The predicted molar refractivity (Wildman–Crippen MR) is 72.9 cm³/mol. The summed E-state index contributed by atoms with van der Waals surface area (Å²) in [5, 5.41) is 0.737. The van der Waals surface area contributed by atoms with Crippen molar-refractivity contribution < 1.29 is 0 Å². The summed E-state index contributed by atoms with van der Waals surface area (Å²) in [7, 11) is 2.17. The molecule has 1 aromatic rings. The number of pyridine rings is 1. The Bertz CT molecular complexity index is 417. The van der Waals surface area contributed by atoms with Gasteiger partial charge in [0.05, 0.1) is 5.02 Å². The molecule has 0 aliphatic carbocycles. The Balaban J connectivity index is 2.29. The van der Waals surface area contributed by atoms with Crippen molar-refractivity contribution in [2.24, 2.45) is 0 Å². The Kier molecular flexibility index (Phi) is 3.32. The number of rotatable bonds is 1. The van der Waals surface area contributed by atoms with Crippen molar-refractivity contribution >= 4 is 17.4 Å². The molecule has 2 heterocycles. The van der Waals surface area contributed by atoms with Gasteiger partial charge in [-0.05, 0) is 39.4 Å². The van der Waals surface area contributed by atoms with Crippen molar-refractivity contribution in [2.75, 3.05) is 31.6 Å². The van der Waals surface area contributed by atoms with Gasteiger partial charge in [0.15, 0.2) is 0 Å². The van der Waals surface area contributed by atoms with Gasteiger partial charge in [-0.25, -0.2) is 4.98 Å². The number of aryl methyl sites for hydroxylation is 1. The van der Waals surface area contributed by atoms with E-state index in [4.69, 9.17) is 11.6 Å². The number of halogens is 1. The molecule has 1 aromatic heterocycles. The molecule has 0 unspecified atom stereocenters. The Morgan fingerprint density at radius 3 is 2.65 bits per heavy atom. The van der Waals surface area contributed by atoms with E-state index in [2.05, 4.69) is 41.7 Å². The lowest BCUT2D eigenvalue weighted by molar-refractivity contribution is 0.217. The third-order valence-electron chi connectivity index (χ3n) is 3.40. The highest BCUT2D eigenvalue weighted by molar-refractivity contribution is 6.31. The largest absolute Gasteiger partial charge is 0.349 e. The van der Waals surface area contributed by atoms with Crippen LogP contribution in [0.15, 0.2) is 12.3 Å². The van der Waals surface area contributed by atoms with E-state index in [0.29, 0.717) is 0 Å². The van der Waals surface area contributed by atoms with Gasteiger partial charge in [0.25, 0.3) is 0 Å². The second kappa shape index (κ2) is 4.46. The van der Waals surface area contributed by atoms with Gasteiger partial charge >= 0.3 is 0 Å². The first-order chi connectivity index (χ1) is 7.90. The van der Waals surface area contributed by atoms with Crippen LogP contribution in [0.5, 0.6) is 0 Å². The highest BCUT2D eigenvalue weighted by atomic mass is 35.5. The second-order valence-electron chi connectivity index (χ2n) is 5.49. The number of nitrogens with zero attached hydrogens (tertiary/aromatic N) is 3. The normalized spacial score (nSPS) is 20.6. The van der Waals surface area contributed by atoms with Crippen LogP contribution in [0.1, 0.15) is 19.4 Å². The Morgan fingerprint density at radius 2 is 2.06 bits per heavy atom. The van der Waals surface area contributed by atoms with Gasteiger partial charge < -0.3 is 9.80 Å². The zero-order valence-electron chi connectivity index (χ0n) is 11.0. The van der Waals surface area contributed by atoms with Crippen molar-refractivity contribution in [1.29, 1.82) is 0 Å². The van der Waals surface area contributed by atoms with Gasteiger partial charge in [0.1, 0.15) is 5.82 Å². The van der Waals surface area contributed by atoms with Crippen LogP contribution in [0.2, 0.25) is 5.02 Å². The standard InChI is InChI=1S/C13H20ClN3/c1-10-7-12(15-8-11(10)14)17-6-5-16(4)9-13(17,2)3/h7-8H,5-6,9H2,1-4H3. The van der Waals surface area contributed by atoms with Gasteiger partial charge in [-0.15, -0.1) is 0 Å². The van der Waals surface area contributed by atoms with Crippen LogP contribution in [-0.4, -0.2) is 42.1 Å². The molecule has 4 heteroatoms. The van der Waals surface area contributed by atoms with Crippen LogP contribution in [-0.2, 0) is 0 Å². The zero-order chi connectivity index (χ0) is 12.6. The van der Waals surface area contributed by atoms with Crippen LogP contribution >= 0.6 is 11.6 Å². The first-order valence-corrected chi connectivity index (χ1v) is 6.36. The van der Waals surface area contributed by atoms with Gasteiger partial charge in [0, 0.05) is 31.4 Å². The molecule has 1 fully saturated rings. The maximum atomic E-state index is 6.02. The van der Waals surface area contributed by atoms with Gasteiger partial charge in [-0.1, -0.05) is 11.6 Å². The van der Waals surface area contributed by atoms with Crippen molar-refractivity contribution in [1.82, 2.24) is 9.88 Å². The summed E-state index contributed by atoms with van der Waals surface area (Å²) < 4.78 is 0. The van der Waals surface area contributed by atoms with Crippen molar-refractivity contribution in [3.63, 3.8) is 0 Å². The molecule has 0 bridgehead atoms. The van der Waals surface area contributed by atoms with Crippen LogP contribution in [0, 0.1) is 6.92 Å². The molecular formula is C13H20ClN3. The molecule has 3 nitrogen and oxygen atoms in total. The van der Waals surface area contributed by atoms with E-state index in [1.54, 1.807) is 6.20 Å². The molecule has 0 radical (unpaired) electrons. The Labute approximate surface area is 108 Å². The first kappa shape index (κ1) is 12.7. The maximum absolute atomic E-state index is 6.02. The van der Waals surface area contributed by atoms with Crippen LogP contribution in [0.4, 0.5) is 5.82 Å². The summed E-state index contributed by atoms with van der Waals surface area (Å²) in [5.74, 6) is 1.03. The molecule has 0 N–H and O–H groups in total. The number of piperazine rings is 1. The smallest absolute Gasteiger partial charge is 0.129 e. The molecule has 0 saturated carbocycles. The summed E-state index contributed by atoms with van der Waals surface area (Å²) in [4.78, 5) is 9.19. The molecule has 94 valence electrons. The molecule has 2 rings (SSSR count). The van der Waals surface area contributed by atoms with Gasteiger partial charge in [0.2, 0.25) is 0 Å². The third-order valence-corrected chi connectivity index (χ3v) is 3.80. The minimum absolute atomic E-state index is 0.111. The zero-order valence-corrected chi connectivity index (χ0v) is 11.8. The summed E-state index contributed by atoms with van der Waals surface area (Å²) in [6.07, 6.45) is 1.75. The molecule has 0 spiro atoms. The monoisotopic (exact) mass is 253 g/mol. The quantitative estimate of drug-likeness (QED) is 0.767. The number of aromatic nitrogens is 1. The fourth-order valence-electron chi connectivity index (χ4n) is 2.50. The van der Waals surface area contributed by atoms with E-state index >= 15 is 0 Å².